The van der Waals surface area contributed by atoms with E-state index in [-0.39, 0.29) is 24.8 Å². The summed E-state index contributed by atoms with van der Waals surface area (Å²) in [6, 6.07) is 5.64. The molecule has 1 aromatic heterocycles. The molecule has 1 aromatic carbocycles. The van der Waals surface area contributed by atoms with Crippen LogP contribution < -0.4 is 0 Å². The Hall–Kier alpha value is -2.74. The monoisotopic (exact) mass is 387 g/mol. The van der Waals surface area contributed by atoms with Crippen molar-refractivity contribution >= 4 is 11.9 Å². The van der Waals surface area contributed by atoms with Crippen molar-refractivity contribution in [2.24, 2.45) is 0 Å². The number of nitrogens with zero attached hydrogens (tertiary/aromatic N) is 3. The normalized spacial score (nSPS) is 19.3. The van der Waals surface area contributed by atoms with Crippen molar-refractivity contribution in [2.45, 2.75) is 38.1 Å². The molecule has 1 atom stereocenters. The van der Waals surface area contributed by atoms with Crippen LogP contribution in [-0.4, -0.2) is 57.5 Å². The molecule has 1 aliphatic carbocycles. The first-order valence-corrected chi connectivity index (χ1v) is 9.52. The first kappa shape index (κ1) is 18.6. The fourth-order valence-corrected chi connectivity index (χ4v) is 4.02. The maximum atomic E-state index is 13.7. The molecule has 7 nitrogen and oxygen atoms in total. The van der Waals surface area contributed by atoms with Crippen molar-refractivity contribution < 1.29 is 23.8 Å². The lowest BCUT2D eigenvalue weighted by Gasteiger charge is -2.34. The number of amides is 1. The van der Waals surface area contributed by atoms with E-state index in [4.69, 9.17) is 9.84 Å². The standard InChI is InChI=1S/C20H22FN3O4/c21-13-4-3-5-14(10-13)24-17-7-2-1-6-16(17)19(22-24)20(27)23-8-9-28-12-15(23)11-18(25)26/h3-5,10,15H,1-2,6-9,11-12H2,(H,25,26). The third-order valence-electron chi connectivity index (χ3n) is 5.33. The van der Waals surface area contributed by atoms with Crippen molar-refractivity contribution in [2.75, 3.05) is 19.8 Å². The Labute approximate surface area is 161 Å². The van der Waals surface area contributed by atoms with Crippen LogP contribution in [0.2, 0.25) is 0 Å². The van der Waals surface area contributed by atoms with Crippen LogP contribution in [0, 0.1) is 5.82 Å². The molecule has 0 bridgehead atoms. The Morgan fingerprint density at radius 2 is 2.11 bits per heavy atom. The zero-order chi connectivity index (χ0) is 19.7. The summed E-state index contributed by atoms with van der Waals surface area (Å²) in [5.41, 5.74) is 2.75. The second-order valence-electron chi connectivity index (χ2n) is 7.20. The highest BCUT2D eigenvalue weighted by molar-refractivity contribution is 5.94. The summed E-state index contributed by atoms with van der Waals surface area (Å²) in [7, 11) is 0. The van der Waals surface area contributed by atoms with Gasteiger partial charge in [-0.15, -0.1) is 0 Å². The maximum absolute atomic E-state index is 13.7. The molecule has 1 saturated heterocycles. The van der Waals surface area contributed by atoms with Gasteiger partial charge in [0.2, 0.25) is 0 Å². The first-order chi connectivity index (χ1) is 13.5. The molecule has 1 amide bonds. The average molecular weight is 387 g/mol. The van der Waals surface area contributed by atoms with Gasteiger partial charge in [0.1, 0.15) is 5.82 Å². The van der Waals surface area contributed by atoms with Crippen LogP contribution in [0.3, 0.4) is 0 Å². The number of aliphatic carboxylic acids is 1. The quantitative estimate of drug-likeness (QED) is 0.870. The number of morpholine rings is 1. The average Bonchev–Trinajstić information content (AvgIpc) is 3.07. The number of aromatic nitrogens is 2. The van der Waals surface area contributed by atoms with E-state index >= 15 is 0 Å². The summed E-state index contributed by atoms with van der Waals surface area (Å²) in [5.74, 6) is -1.61. The Kier molecular flexibility index (Phi) is 5.13. The van der Waals surface area contributed by atoms with Crippen LogP contribution in [0.5, 0.6) is 0 Å². The second kappa shape index (κ2) is 7.71. The van der Waals surface area contributed by atoms with E-state index in [1.807, 2.05) is 0 Å². The minimum absolute atomic E-state index is 0.168. The van der Waals surface area contributed by atoms with Gasteiger partial charge in [0.15, 0.2) is 5.69 Å². The highest BCUT2D eigenvalue weighted by Crippen LogP contribution is 2.29. The zero-order valence-electron chi connectivity index (χ0n) is 15.4. The summed E-state index contributed by atoms with van der Waals surface area (Å²) >= 11 is 0. The van der Waals surface area contributed by atoms with E-state index in [2.05, 4.69) is 5.10 Å². The van der Waals surface area contributed by atoms with Crippen molar-refractivity contribution in [3.63, 3.8) is 0 Å². The number of rotatable bonds is 4. The third kappa shape index (κ3) is 3.52. The lowest BCUT2D eigenvalue weighted by atomic mass is 9.95. The number of carboxylic acids is 1. The number of ether oxygens (including phenoxy) is 1. The maximum Gasteiger partial charge on any atom is 0.305 e. The lowest BCUT2D eigenvalue weighted by Crippen LogP contribution is -2.49. The third-order valence-corrected chi connectivity index (χ3v) is 5.33. The topological polar surface area (TPSA) is 84.7 Å². The molecule has 1 N–H and O–H groups in total. The van der Waals surface area contributed by atoms with Gasteiger partial charge in [-0.05, 0) is 43.9 Å². The first-order valence-electron chi connectivity index (χ1n) is 9.52. The van der Waals surface area contributed by atoms with Crippen molar-refractivity contribution in [3.05, 3.63) is 47.0 Å². The lowest BCUT2D eigenvalue weighted by molar-refractivity contribution is -0.139. The molecular formula is C20H22FN3O4. The number of halogens is 1. The van der Waals surface area contributed by atoms with Crippen molar-refractivity contribution in [3.8, 4) is 5.69 Å². The van der Waals surface area contributed by atoms with Gasteiger partial charge in [-0.2, -0.15) is 5.10 Å². The smallest absolute Gasteiger partial charge is 0.305 e. The Balaban J connectivity index is 1.73. The molecule has 0 radical (unpaired) electrons. The van der Waals surface area contributed by atoms with E-state index in [1.165, 1.54) is 12.1 Å². The molecule has 2 heterocycles. The minimum Gasteiger partial charge on any atom is -0.481 e. The molecule has 2 aliphatic rings. The van der Waals surface area contributed by atoms with Crippen LogP contribution in [-0.2, 0) is 22.4 Å². The van der Waals surface area contributed by atoms with Gasteiger partial charge in [-0.1, -0.05) is 6.07 Å². The number of hydrogen-bond donors (Lipinski definition) is 1. The molecule has 1 unspecified atom stereocenters. The molecule has 2 aromatic rings. The van der Waals surface area contributed by atoms with Crippen LogP contribution in [0.4, 0.5) is 4.39 Å². The van der Waals surface area contributed by atoms with Crippen LogP contribution in [0.15, 0.2) is 24.3 Å². The molecule has 28 heavy (non-hydrogen) atoms. The van der Waals surface area contributed by atoms with Crippen molar-refractivity contribution in [1.82, 2.24) is 14.7 Å². The fourth-order valence-electron chi connectivity index (χ4n) is 4.02. The summed E-state index contributed by atoms with van der Waals surface area (Å²) in [4.78, 5) is 26.0. The molecule has 0 spiro atoms. The van der Waals surface area contributed by atoms with E-state index < -0.39 is 12.0 Å². The molecule has 1 fully saturated rings. The van der Waals surface area contributed by atoms with Crippen LogP contribution >= 0.6 is 0 Å². The molecule has 8 heteroatoms. The highest BCUT2D eigenvalue weighted by Gasteiger charge is 2.34. The number of fused-ring (bicyclic) bond motifs is 1. The number of hydrogen-bond acceptors (Lipinski definition) is 4. The van der Waals surface area contributed by atoms with Gasteiger partial charge in [-0.25, -0.2) is 9.07 Å². The highest BCUT2D eigenvalue weighted by atomic mass is 19.1. The number of carbonyl (C=O) groups is 2. The van der Waals surface area contributed by atoms with E-state index in [0.717, 1.165) is 36.9 Å². The SMILES string of the molecule is O=C(O)CC1COCCN1C(=O)c1nn(-c2cccc(F)c2)c2c1CCCC2. The summed E-state index contributed by atoms with van der Waals surface area (Å²) < 4.78 is 20.8. The van der Waals surface area contributed by atoms with Gasteiger partial charge >= 0.3 is 5.97 Å². The largest absolute Gasteiger partial charge is 0.481 e. The Morgan fingerprint density at radius 3 is 2.89 bits per heavy atom. The van der Waals surface area contributed by atoms with Gasteiger partial charge in [0, 0.05) is 17.8 Å². The van der Waals surface area contributed by atoms with Gasteiger partial charge in [-0.3, -0.25) is 9.59 Å². The molecular weight excluding hydrogens is 365 g/mol. The van der Waals surface area contributed by atoms with E-state index in [0.29, 0.717) is 24.5 Å². The summed E-state index contributed by atoms with van der Waals surface area (Å²) in [6.45, 7) is 0.901. The van der Waals surface area contributed by atoms with Crippen LogP contribution in [0.25, 0.3) is 5.69 Å². The van der Waals surface area contributed by atoms with Gasteiger partial charge in [0.25, 0.3) is 5.91 Å². The second-order valence-corrected chi connectivity index (χ2v) is 7.20. The number of carboxylic acid groups (broad SMARTS) is 1. The van der Waals surface area contributed by atoms with E-state index in [1.54, 1.807) is 21.7 Å². The Bertz CT molecular complexity index is 911. The van der Waals surface area contributed by atoms with Crippen molar-refractivity contribution in [1.29, 1.82) is 0 Å². The number of carbonyl (C=O) groups excluding carboxylic acids is 1. The fraction of sp³-hybridized carbons (Fsp3) is 0.450. The molecule has 4 rings (SSSR count). The summed E-state index contributed by atoms with van der Waals surface area (Å²) in [6.07, 6.45) is 3.29. The van der Waals surface area contributed by atoms with Crippen LogP contribution in [0.1, 0.15) is 41.0 Å². The Morgan fingerprint density at radius 1 is 1.29 bits per heavy atom. The predicted octanol–water partition coefficient (Wildman–Crippen LogP) is 2.21. The van der Waals surface area contributed by atoms with Gasteiger partial charge < -0.3 is 14.7 Å². The van der Waals surface area contributed by atoms with E-state index in [9.17, 15) is 14.0 Å². The predicted molar refractivity (Wildman–Crippen MR) is 98.1 cm³/mol. The number of benzene rings is 1. The summed E-state index contributed by atoms with van der Waals surface area (Å²) in [5, 5.41) is 13.7. The zero-order valence-corrected chi connectivity index (χ0v) is 15.4. The molecule has 148 valence electrons. The van der Waals surface area contributed by atoms with Gasteiger partial charge in [0.05, 0.1) is 31.4 Å². The minimum atomic E-state index is -0.972. The molecule has 0 saturated carbocycles. The molecule has 1 aliphatic heterocycles.